The van der Waals surface area contributed by atoms with Gasteiger partial charge in [-0.3, -0.25) is 14.5 Å². The highest BCUT2D eigenvalue weighted by Crippen LogP contribution is 2.17. The Morgan fingerprint density at radius 2 is 2.21 bits per heavy atom. The molecule has 1 fully saturated rings. The summed E-state index contributed by atoms with van der Waals surface area (Å²) >= 11 is 0. The van der Waals surface area contributed by atoms with Crippen LogP contribution >= 0.6 is 0 Å². The molecular weight excluding hydrogens is 242 g/mol. The van der Waals surface area contributed by atoms with E-state index in [0.29, 0.717) is 25.1 Å². The number of rotatable bonds is 4. The zero-order chi connectivity index (χ0) is 13.8. The van der Waals surface area contributed by atoms with Crippen molar-refractivity contribution in [1.29, 1.82) is 0 Å². The summed E-state index contributed by atoms with van der Waals surface area (Å²) in [6.45, 7) is 3.56. The van der Waals surface area contributed by atoms with Gasteiger partial charge in [-0.1, -0.05) is 23.8 Å². The number of ketones is 1. The van der Waals surface area contributed by atoms with Gasteiger partial charge in [-0.25, -0.2) is 0 Å². The summed E-state index contributed by atoms with van der Waals surface area (Å²) in [6.07, 6.45) is 1.56. The highest BCUT2D eigenvalue weighted by molar-refractivity contribution is 5.97. The number of aryl methyl sites for hydroxylation is 1. The van der Waals surface area contributed by atoms with Gasteiger partial charge in [0.05, 0.1) is 12.5 Å². The quantitative estimate of drug-likeness (QED) is 0.842. The van der Waals surface area contributed by atoms with E-state index in [1.807, 2.05) is 36.1 Å². The van der Waals surface area contributed by atoms with Crippen molar-refractivity contribution in [3.8, 4) is 0 Å². The molecule has 0 radical (unpaired) electrons. The number of benzene rings is 1. The molecule has 1 N–H and O–H groups in total. The van der Waals surface area contributed by atoms with Crippen molar-refractivity contribution < 1.29 is 14.7 Å². The second kappa shape index (κ2) is 5.97. The molecule has 1 aromatic rings. The van der Waals surface area contributed by atoms with E-state index < -0.39 is 5.97 Å². The van der Waals surface area contributed by atoms with Crippen LogP contribution in [0.5, 0.6) is 0 Å². The Balaban J connectivity index is 1.97. The SMILES string of the molecule is Cc1cccc(C(=O)CN2CCCC(C(=O)O)C2)c1. The maximum absolute atomic E-state index is 12.2. The lowest BCUT2D eigenvalue weighted by molar-refractivity contribution is -0.143. The fraction of sp³-hybridized carbons (Fsp3) is 0.467. The lowest BCUT2D eigenvalue weighted by Gasteiger charge is -2.29. The zero-order valence-electron chi connectivity index (χ0n) is 11.1. The monoisotopic (exact) mass is 261 g/mol. The first-order valence-electron chi connectivity index (χ1n) is 6.61. The smallest absolute Gasteiger partial charge is 0.307 e. The van der Waals surface area contributed by atoms with E-state index in [0.717, 1.165) is 18.5 Å². The molecule has 1 saturated heterocycles. The van der Waals surface area contributed by atoms with Gasteiger partial charge in [0.25, 0.3) is 0 Å². The number of aliphatic carboxylic acids is 1. The van der Waals surface area contributed by atoms with E-state index in [-0.39, 0.29) is 11.7 Å². The van der Waals surface area contributed by atoms with Crippen LogP contribution in [0.15, 0.2) is 24.3 Å². The van der Waals surface area contributed by atoms with Gasteiger partial charge in [-0.2, -0.15) is 0 Å². The summed E-state index contributed by atoms with van der Waals surface area (Å²) in [6, 6.07) is 7.52. The number of likely N-dealkylation sites (tertiary alicyclic amines) is 1. The third kappa shape index (κ3) is 3.64. The molecule has 1 atom stereocenters. The van der Waals surface area contributed by atoms with Crippen LogP contribution in [0.1, 0.15) is 28.8 Å². The minimum absolute atomic E-state index is 0.0646. The molecular formula is C15H19NO3. The van der Waals surface area contributed by atoms with E-state index in [4.69, 9.17) is 5.11 Å². The Labute approximate surface area is 113 Å². The van der Waals surface area contributed by atoms with Gasteiger partial charge < -0.3 is 5.11 Å². The zero-order valence-corrected chi connectivity index (χ0v) is 11.1. The van der Waals surface area contributed by atoms with Crippen LogP contribution in [-0.2, 0) is 4.79 Å². The van der Waals surface area contributed by atoms with Crippen molar-refractivity contribution >= 4 is 11.8 Å². The molecule has 0 amide bonds. The number of hydrogen-bond acceptors (Lipinski definition) is 3. The molecule has 4 heteroatoms. The third-order valence-electron chi connectivity index (χ3n) is 3.56. The lowest BCUT2D eigenvalue weighted by atomic mass is 9.97. The minimum Gasteiger partial charge on any atom is -0.481 e. The van der Waals surface area contributed by atoms with E-state index in [9.17, 15) is 9.59 Å². The van der Waals surface area contributed by atoms with Crippen LogP contribution in [0.25, 0.3) is 0 Å². The number of carboxylic acids is 1. The summed E-state index contributed by atoms with van der Waals surface area (Å²) < 4.78 is 0. The molecule has 19 heavy (non-hydrogen) atoms. The minimum atomic E-state index is -0.757. The number of carboxylic acid groups (broad SMARTS) is 1. The summed E-state index contributed by atoms with van der Waals surface area (Å²) in [5, 5.41) is 9.03. The number of hydrogen-bond donors (Lipinski definition) is 1. The Kier molecular flexibility index (Phi) is 4.32. The van der Waals surface area contributed by atoms with E-state index in [1.165, 1.54) is 0 Å². The molecule has 2 rings (SSSR count). The third-order valence-corrected chi connectivity index (χ3v) is 3.56. The maximum atomic E-state index is 12.2. The molecule has 4 nitrogen and oxygen atoms in total. The first kappa shape index (κ1) is 13.7. The average Bonchev–Trinajstić information content (AvgIpc) is 2.39. The summed E-state index contributed by atoms with van der Waals surface area (Å²) in [5.74, 6) is -1.03. The van der Waals surface area contributed by atoms with Crippen LogP contribution < -0.4 is 0 Å². The van der Waals surface area contributed by atoms with Crippen LogP contribution in [-0.4, -0.2) is 41.4 Å². The number of carbonyl (C=O) groups is 2. The molecule has 102 valence electrons. The summed E-state index contributed by atoms with van der Waals surface area (Å²) in [7, 11) is 0. The molecule has 0 aliphatic carbocycles. The number of Topliss-reactive ketones (excluding diaryl/α,β-unsaturated/α-hetero) is 1. The topological polar surface area (TPSA) is 57.6 Å². The Morgan fingerprint density at radius 3 is 2.89 bits per heavy atom. The molecule has 0 aromatic heterocycles. The van der Waals surface area contributed by atoms with Gasteiger partial charge in [0.1, 0.15) is 0 Å². The molecule has 0 saturated carbocycles. The largest absolute Gasteiger partial charge is 0.481 e. The van der Waals surface area contributed by atoms with Gasteiger partial charge >= 0.3 is 5.97 Å². The lowest BCUT2D eigenvalue weighted by Crippen LogP contribution is -2.41. The van der Waals surface area contributed by atoms with Gasteiger partial charge in [0, 0.05) is 12.1 Å². The first-order chi connectivity index (χ1) is 9.06. The van der Waals surface area contributed by atoms with E-state index >= 15 is 0 Å². The van der Waals surface area contributed by atoms with Crippen molar-refractivity contribution in [3.05, 3.63) is 35.4 Å². The van der Waals surface area contributed by atoms with Crippen LogP contribution in [0.4, 0.5) is 0 Å². The van der Waals surface area contributed by atoms with Crippen LogP contribution in [0, 0.1) is 12.8 Å². The van der Waals surface area contributed by atoms with Gasteiger partial charge in [0.2, 0.25) is 0 Å². The standard InChI is InChI=1S/C15H19NO3/c1-11-4-2-5-12(8-11)14(17)10-16-7-3-6-13(9-16)15(18)19/h2,4-5,8,13H,3,6-7,9-10H2,1H3,(H,18,19). The number of piperidine rings is 1. The van der Waals surface area contributed by atoms with Gasteiger partial charge in [-0.05, 0) is 32.4 Å². The van der Waals surface area contributed by atoms with E-state index in [1.54, 1.807) is 0 Å². The highest BCUT2D eigenvalue weighted by Gasteiger charge is 2.26. The fourth-order valence-electron chi connectivity index (χ4n) is 2.51. The second-order valence-corrected chi connectivity index (χ2v) is 5.21. The van der Waals surface area contributed by atoms with Gasteiger partial charge in [-0.15, -0.1) is 0 Å². The van der Waals surface area contributed by atoms with Crippen LogP contribution in [0.2, 0.25) is 0 Å². The maximum Gasteiger partial charge on any atom is 0.307 e. The average molecular weight is 261 g/mol. The summed E-state index contributed by atoms with van der Waals surface area (Å²) in [4.78, 5) is 25.1. The number of nitrogens with zero attached hydrogens (tertiary/aromatic N) is 1. The molecule has 1 aliphatic rings. The van der Waals surface area contributed by atoms with Crippen molar-refractivity contribution in [1.82, 2.24) is 4.90 Å². The normalized spacial score (nSPS) is 20.2. The molecule has 1 heterocycles. The predicted octanol–water partition coefficient (Wildman–Crippen LogP) is 1.97. The Morgan fingerprint density at radius 1 is 1.42 bits per heavy atom. The molecule has 1 unspecified atom stereocenters. The molecule has 0 bridgehead atoms. The molecule has 1 aliphatic heterocycles. The van der Waals surface area contributed by atoms with E-state index in [2.05, 4.69) is 0 Å². The predicted molar refractivity (Wildman–Crippen MR) is 72.3 cm³/mol. The molecule has 0 spiro atoms. The Bertz CT molecular complexity index is 484. The van der Waals surface area contributed by atoms with Crippen molar-refractivity contribution in [2.24, 2.45) is 5.92 Å². The van der Waals surface area contributed by atoms with Crippen LogP contribution in [0.3, 0.4) is 0 Å². The molecule has 1 aromatic carbocycles. The fourth-order valence-corrected chi connectivity index (χ4v) is 2.51. The van der Waals surface area contributed by atoms with Crippen molar-refractivity contribution in [2.45, 2.75) is 19.8 Å². The van der Waals surface area contributed by atoms with Gasteiger partial charge in [0.15, 0.2) is 5.78 Å². The first-order valence-corrected chi connectivity index (χ1v) is 6.61. The highest BCUT2D eigenvalue weighted by atomic mass is 16.4. The second-order valence-electron chi connectivity index (χ2n) is 5.21. The summed E-state index contributed by atoms with van der Waals surface area (Å²) in [5.41, 5.74) is 1.77. The van der Waals surface area contributed by atoms with Crippen molar-refractivity contribution in [3.63, 3.8) is 0 Å². The number of carbonyl (C=O) groups excluding carboxylic acids is 1. The Hall–Kier alpha value is -1.68. The van der Waals surface area contributed by atoms with Crippen molar-refractivity contribution in [2.75, 3.05) is 19.6 Å².